The average molecular weight is 901 g/mol. The Labute approximate surface area is 355 Å². The van der Waals surface area contributed by atoms with E-state index < -0.39 is 0 Å². The predicted molar refractivity (Wildman–Crippen MR) is 222 cm³/mol. The monoisotopic (exact) mass is 900 g/mol. The number of aliphatic hydroxyl groups excluding tert-OH is 4. The second-order valence-corrected chi connectivity index (χ2v) is 12.4. The molecule has 0 radical (unpaired) electrons. The highest BCUT2D eigenvalue weighted by Crippen LogP contribution is 2.09. The first-order valence-electron chi connectivity index (χ1n) is 18.5. The van der Waals surface area contributed by atoms with E-state index in [1.165, 1.54) is 43.6 Å². The smallest absolute Gasteiger partial charge is 0.280 e. The van der Waals surface area contributed by atoms with Gasteiger partial charge >= 0.3 is 0 Å². The lowest BCUT2D eigenvalue weighted by Gasteiger charge is -2.03. The highest BCUT2D eigenvalue weighted by Gasteiger charge is 2.12. The Hall–Kier alpha value is -7.72. The number of nitrogen functional groups attached to an aromatic ring is 4. The standard InChI is InChI=1S/4C8H11N5O3/c4*9-8-11-6-5(7(15)12-8)10-3-13(6)4-16-2-1-14/h4*3,14H,1-2,4H2,(H3,9,11,12,15). The number of imidazole rings is 4. The van der Waals surface area contributed by atoms with Gasteiger partial charge in [0.15, 0.2) is 44.7 Å². The van der Waals surface area contributed by atoms with E-state index in [4.69, 9.17) is 62.3 Å². The molecule has 0 aliphatic heterocycles. The molecule has 32 heteroatoms. The summed E-state index contributed by atoms with van der Waals surface area (Å²) in [5.41, 5.74) is 22.4. The van der Waals surface area contributed by atoms with Crippen molar-refractivity contribution in [3.05, 3.63) is 66.7 Å². The highest BCUT2D eigenvalue weighted by atomic mass is 16.5. The molecule has 0 saturated heterocycles. The third-order valence-corrected chi connectivity index (χ3v) is 7.84. The number of fused-ring (bicyclic) bond motifs is 4. The van der Waals surface area contributed by atoms with Gasteiger partial charge in [0.05, 0.1) is 78.2 Å². The molecule has 32 nitrogen and oxygen atoms in total. The van der Waals surface area contributed by atoms with E-state index in [0.29, 0.717) is 22.6 Å². The zero-order valence-corrected chi connectivity index (χ0v) is 33.5. The SMILES string of the molecule is Nc1nc2c(ncn2COCCO)c(=O)[nH]1.Nc1nc2c(ncn2COCCO)c(=O)[nH]1.Nc1nc2c(ncn2COCCO)c(=O)[nH]1.Nc1nc2c(ncn2COCCO)c(=O)[nH]1. The van der Waals surface area contributed by atoms with Gasteiger partial charge < -0.3 is 62.3 Å². The van der Waals surface area contributed by atoms with Crippen molar-refractivity contribution in [1.82, 2.24) is 78.1 Å². The average Bonchev–Trinajstić information content (AvgIpc) is 4.06. The molecular formula is C32H44N20O12. The lowest BCUT2D eigenvalue weighted by molar-refractivity contribution is 0.0499. The van der Waals surface area contributed by atoms with Gasteiger partial charge in [-0.2, -0.15) is 19.9 Å². The molecule has 0 amide bonds. The first-order chi connectivity index (χ1) is 30.9. The largest absolute Gasteiger partial charge is 0.394 e. The minimum Gasteiger partial charge on any atom is -0.394 e. The zero-order chi connectivity index (χ0) is 46.2. The molecule has 0 aliphatic rings. The molecule has 0 unspecified atom stereocenters. The number of rotatable bonds is 16. The van der Waals surface area contributed by atoms with Crippen LogP contribution in [0.1, 0.15) is 0 Å². The number of anilines is 4. The van der Waals surface area contributed by atoms with E-state index in [0.717, 1.165) is 0 Å². The summed E-state index contributed by atoms with van der Waals surface area (Å²) < 4.78 is 26.5. The fourth-order valence-corrected chi connectivity index (χ4v) is 5.17. The Bertz CT molecular complexity index is 2580. The van der Waals surface area contributed by atoms with Gasteiger partial charge in [0.25, 0.3) is 22.2 Å². The van der Waals surface area contributed by atoms with Gasteiger partial charge in [0.2, 0.25) is 23.8 Å². The number of aromatic nitrogens is 16. The number of ether oxygens (including phenoxy) is 4. The summed E-state index contributed by atoms with van der Waals surface area (Å²) in [4.78, 5) is 86.4. The topological polar surface area (TPSA) is 476 Å². The molecule has 0 spiro atoms. The van der Waals surface area contributed by atoms with E-state index >= 15 is 0 Å². The van der Waals surface area contributed by atoms with Crippen LogP contribution in [0.4, 0.5) is 23.8 Å². The molecule has 0 fully saturated rings. The molecule has 8 heterocycles. The molecule has 0 aromatic carbocycles. The second-order valence-electron chi connectivity index (χ2n) is 12.4. The summed E-state index contributed by atoms with van der Waals surface area (Å²) in [5, 5.41) is 34.2. The first-order valence-corrected chi connectivity index (χ1v) is 18.5. The minimum atomic E-state index is -0.386. The predicted octanol–water partition coefficient (Wildman–Crippen LogP) is -5.33. The van der Waals surface area contributed by atoms with Gasteiger partial charge in [0, 0.05) is 0 Å². The van der Waals surface area contributed by atoms with Crippen LogP contribution in [0, 0.1) is 0 Å². The quantitative estimate of drug-likeness (QED) is 0.0403. The fraction of sp³-hybridized carbons (Fsp3) is 0.375. The molecule has 0 saturated carbocycles. The third-order valence-electron chi connectivity index (χ3n) is 7.84. The van der Waals surface area contributed by atoms with Crippen molar-refractivity contribution < 1.29 is 39.4 Å². The lowest BCUT2D eigenvalue weighted by Crippen LogP contribution is -2.13. The number of hydrogen-bond acceptors (Lipinski definition) is 24. The van der Waals surface area contributed by atoms with Crippen LogP contribution in [-0.4, -0.2) is 151 Å². The molecular weight excluding hydrogens is 856 g/mol. The van der Waals surface area contributed by atoms with Crippen LogP contribution in [0.3, 0.4) is 0 Å². The van der Waals surface area contributed by atoms with Crippen molar-refractivity contribution in [2.45, 2.75) is 26.9 Å². The summed E-state index contributed by atoms with van der Waals surface area (Å²) in [6, 6.07) is 0. The highest BCUT2D eigenvalue weighted by molar-refractivity contribution is 5.72. The number of hydrogen-bond donors (Lipinski definition) is 12. The minimum absolute atomic E-state index is 0.0291. The Balaban J connectivity index is 0.000000161. The van der Waals surface area contributed by atoms with Crippen molar-refractivity contribution in [2.24, 2.45) is 0 Å². The van der Waals surface area contributed by atoms with Gasteiger partial charge in [-0.3, -0.25) is 57.4 Å². The number of aliphatic hydroxyl groups is 4. The molecule has 0 bridgehead atoms. The number of nitrogens with zero attached hydrogens (tertiary/aromatic N) is 12. The van der Waals surface area contributed by atoms with Crippen LogP contribution in [0.2, 0.25) is 0 Å². The second kappa shape index (κ2) is 22.9. The summed E-state index contributed by atoms with van der Waals surface area (Å²) in [6.07, 6.45) is 5.74. The van der Waals surface area contributed by atoms with Crippen molar-refractivity contribution in [3.63, 3.8) is 0 Å². The van der Waals surface area contributed by atoms with Gasteiger partial charge in [-0.15, -0.1) is 0 Å². The maximum absolute atomic E-state index is 11.4. The third kappa shape index (κ3) is 12.2. The van der Waals surface area contributed by atoms with Crippen LogP contribution in [0.15, 0.2) is 44.5 Å². The van der Waals surface area contributed by atoms with Gasteiger partial charge in [0.1, 0.15) is 26.9 Å². The van der Waals surface area contributed by atoms with E-state index in [9.17, 15) is 19.2 Å². The number of nitrogens with two attached hydrogens (primary N) is 4. The van der Waals surface area contributed by atoms with Gasteiger partial charge in [-0.1, -0.05) is 0 Å². The normalized spacial score (nSPS) is 11.1. The first kappa shape index (κ1) is 47.3. The summed E-state index contributed by atoms with van der Waals surface area (Å²) in [7, 11) is 0. The van der Waals surface area contributed by atoms with Crippen LogP contribution >= 0.6 is 0 Å². The van der Waals surface area contributed by atoms with E-state index in [-0.39, 0.29) is 148 Å². The Morgan fingerprint density at radius 1 is 0.406 bits per heavy atom. The van der Waals surface area contributed by atoms with Crippen molar-refractivity contribution in [3.8, 4) is 0 Å². The molecule has 16 N–H and O–H groups in total. The van der Waals surface area contributed by atoms with Gasteiger partial charge in [-0.25, -0.2) is 19.9 Å². The Kier molecular flexibility index (Phi) is 17.0. The maximum atomic E-state index is 11.4. The molecule has 0 atom stereocenters. The van der Waals surface area contributed by atoms with Gasteiger partial charge in [-0.05, 0) is 0 Å². The fourth-order valence-electron chi connectivity index (χ4n) is 5.17. The van der Waals surface area contributed by atoms with Crippen molar-refractivity contribution in [2.75, 3.05) is 75.8 Å². The summed E-state index contributed by atoms with van der Waals surface area (Å²) in [5.74, 6) is 0.116. The van der Waals surface area contributed by atoms with Crippen LogP contribution in [0.25, 0.3) is 44.7 Å². The molecule has 8 aromatic heterocycles. The number of aromatic amines is 4. The van der Waals surface area contributed by atoms with Crippen molar-refractivity contribution in [1.29, 1.82) is 0 Å². The van der Waals surface area contributed by atoms with E-state index in [1.807, 2.05) is 0 Å². The van der Waals surface area contributed by atoms with E-state index in [2.05, 4.69) is 59.8 Å². The lowest BCUT2D eigenvalue weighted by atomic mass is 10.5. The molecule has 8 aromatic rings. The van der Waals surface area contributed by atoms with Crippen LogP contribution in [-0.2, 0) is 45.9 Å². The van der Waals surface area contributed by atoms with E-state index in [1.54, 1.807) is 0 Å². The van der Waals surface area contributed by atoms with Crippen LogP contribution in [0.5, 0.6) is 0 Å². The Morgan fingerprint density at radius 2 is 0.609 bits per heavy atom. The number of H-pyrrole nitrogens is 4. The number of nitrogens with one attached hydrogen (secondary N) is 4. The van der Waals surface area contributed by atoms with Crippen LogP contribution < -0.4 is 45.2 Å². The molecule has 344 valence electrons. The summed E-state index contributed by atoms with van der Waals surface area (Å²) in [6.45, 7) is 1.20. The Morgan fingerprint density at radius 3 is 0.797 bits per heavy atom. The maximum Gasteiger partial charge on any atom is 0.280 e. The molecule has 0 aliphatic carbocycles. The zero-order valence-electron chi connectivity index (χ0n) is 33.5. The van der Waals surface area contributed by atoms with Crippen molar-refractivity contribution >= 4 is 68.4 Å². The molecule has 64 heavy (non-hydrogen) atoms. The molecule has 8 rings (SSSR count). The summed E-state index contributed by atoms with van der Waals surface area (Å²) >= 11 is 0.